The third-order valence-electron chi connectivity index (χ3n) is 3.69. The van der Waals surface area contributed by atoms with Gasteiger partial charge < -0.3 is 20.0 Å². The number of carbonyl (C=O) groups excluding carboxylic acids is 2. The molecule has 2 heterocycles. The number of nitrogens with zero attached hydrogens (tertiary/aromatic N) is 1. The van der Waals surface area contributed by atoms with Crippen LogP contribution in [-0.4, -0.2) is 48.4 Å². The Labute approximate surface area is 137 Å². The van der Waals surface area contributed by atoms with E-state index in [0.29, 0.717) is 6.54 Å². The maximum Gasteiger partial charge on any atom is 0.287 e. The number of amides is 2. The van der Waals surface area contributed by atoms with Crippen LogP contribution >= 0.6 is 12.4 Å². The normalized spacial score (nSPS) is 18.4. The van der Waals surface area contributed by atoms with Crippen molar-refractivity contribution < 1.29 is 14.0 Å². The summed E-state index contributed by atoms with van der Waals surface area (Å²) >= 11 is 0. The average Bonchev–Trinajstić information content (AvgIpc) is 3.16. The van der Waals surface area contributed by atoms with Crippen LogP contribution in [0.2, 0.25) is 0 Å². The van der Waals surface area contributed by atoms with Crippen molar-refractivity contribution in [1.29, 1.82) is 0 Å². The van der Waals surface area contributed by atoms with Crippen molar-refractivity contribution in [2.75, 3.05) is 19.6 Å². The highest BCUT2D eigenvalue weighted by Crippen LogP contribution is 2.11. The van der Waals surface area contributed by atoms with Gasteiger partial charge in [0.25, 0.3) is 5.91 Å². The van der Waals surface area contributed by atoms with E-state index < -0.39 is 6.04 Å². The number of halogens is 1. The highest BCUT2D eigenvalue weighted by Gasteiger charge is 2.29. The molecule has 2 amide bonds. The molecular weight excluding hydrogens is 306 g/mol. The highest BCUT2D eigenvalue weighted by atomic mass is 35.5. The monoisotopic (exact) mass is 329 g/mol. The van der Waals surface area contributed by atoms with E-state index in [9.17, 15) is 9.59 Å². The largest absolute Gasteiger partial charge is 0.459 e. The lowest BCUT2D eigenvalue weighted by Crippen LogP contribution is -2.51. The van der Waals surface area contributed by atoms with Gasteiger partial charge in [-0.1, -0.05) is 6.92 Å². The lowest BCUT2D eigenvalue weighted by Gasteiger charge is -2.30. The predicted molar refractivity (Wildman–Crippen MR) is 86.2 cm³/mol. The van der Waals surface area contributed by atoms with Crippen molar-refractivity contribution in [3.8, 4) is 0 Å². The molecule has 124 valence electrons. The molecule has 0 aliphatic carbocycles. The minimum atomic E-state index is -0.560. The van der Waals surface area contributed by atoms with Crippen LogP contribution in [0.1, 0.15) is 37.2 Å². The molecule has 6 nitrogen and oxygen atoms in total. The number of hydrogen-bond donors (Lipinski definition) is 2. The Balaban J connectivity index is 0.00000242. The molecule has 0 aromatic carbocycles. The van der Waals surface area contributed by atoms with Crippen molar-refractivity contribution >= 4 is 24.2 Å². The second-order valence-corrected chi connectivity index (χ2v) is 5.35. The van der Waals surface area contributed by atoms with E-state index in [2.05, 4.69) is 17.6 Å². The number of furan rings is 1. The lowest BCUT2D eigenvalue weighted by molar-refractivity contribution is -0.134. The molecule has 0 saturated carbocycles. The van der Waals surface area contributed by atoms with Crippen LogP contribution in [0.25, 0.3) is 0 Å². The first-order valence-electron chi connectivity index (χ1n) is 7.49. The minimum absolute atomic E-state index is 0. The third kappa shape index (κ3) is 4.48. The summed E-state index contributed by atoms with van der Waals surface area (Å²) in [4.78, 5) is 26.4. The first kappa shape index (κ1) is 18.5. The first-order chi connectivity index (χ1) is 10.1. The molecule has 22 heavy (non-hydrogen) atoms. The number of hydrogen-bond acceptors (Lipinski definition) is 4. The molecule has 0 radical (unpaired) electrons. The lowest BCUT2D eigenvalue weighted by atomic mass is 10.1. The first-order valence-corrected chi connectivity index (χ1v) is 7.49. The molecule has 1 aromatic heterocycles. The maximum atomic E-state index is 12.6. The number of nitrogens with one attached hydrogen (secondary N) is 2. The van der Waals surface area contributed by atoms with Crippen molar-refractivity contribution in [3.63, 3.8) is 0 Å². The van der Waals surface area contributed by atoms with E-state index in [-0.39, 0.29) is 36.0 Å². The van der Waals surface area contributed by atoms with Gasteiger partial charge in [0.05, 0.1) is 6.26 Å². The molecular formula is C15H24ClN3O3. The van der Waals surface area contributed by atoms with Gasteiger partial charge in [-0.3, -0.25) is 9.59 Å². The Bertz CT molecular complexity index is 472. The Morgan fingerprint density at radius 3 is 2.86 bits per heavy atom. The van der Waals surface area contributed by atoms with Crippen molar-refractivity contribution in [2.45, 2.75) is 38.8 Å². The third-order valence-corrected chi connectivity index (χ3v) is 3.69. The summed E-state index contributed by atoms with van der Waals surface area (Å²) in [5.74, 6) is -0.175. The Morgan fingerprint density at radius 2 is 2.32 bits per heavy atom. The summed E-state index contributed by atoms with van der Waals surface area (Å²) in [6.45, 7) is 6.24. The fraction of sp³-hybridized carbons (Fsp3) is 0.600. The van der Waals surface area contributed by atoms with E-state index in [0.717, 1.165) is 25.9 Å². The molecule has 2 N–H and O–H groups in total. The summed E-state index contributed by atoms with van der Waals surface area (Å²) in [5.41, 5.74) is 0. The van der Waals surface area contributed by atoms with E-state index in [1.807, 2.05) is 4.90 Å². The summed E-state index contributed by atoms with van der Waals surface area (Å²) in [6.07, 6.45) is 3.31. The second-order valence-electron chi connectivity index (χ2n) is 5.35. The maximum absolute atomic E-state index is 12.6. The Hall–Kier alpha value is -1.53. The average molecular weight is 330 g/mol. The van der Waals surface area contributed by atoms with Crippen molar-refractivity contribution in [2.24, 2.45) is 0 Å². The van der Waals surface area contributed by atoms with Crippen LogP contribution in [-0.2, 0) is 4.79 Å². The zero-order valence-corrected chi connectivity index (χ0v) is 13.8. The molecule has 2 rings (SSSR count). The van der Waals surface area contributed by atoms with Crippen LogP contribution in [0.15, 0.2) is 22.8 Å². The Morgan fingerprint density at radius 1 is 1.55 bits per heavy atom. The molecule has 1 aliphatic heterocycles. The quantitative estimate of drug-likeness (QED) is 0.827. The molecule has 1 aromatic rings. The summed E-state index contributed by atoms with van der Waals surface area (Å²) in [5, 5.41) is 5.97. The zero-order valence-electron chi connectivity index (χ0n) is 13.0. The van der Waals surface area contributed by atoms with Gasteiger partial charge in [0.1, 0.15) is 6.04 Å². The van der Waals surface area contributed by atoms with E-state index in [1.54, 1.807) is 19.1 Å². The molecule has 1 saturated heterocycles. The summed E-state index contributed by atoms with van der Waals surface area (Å²) in [6, 6.07) is 2.89. The molecule has 1 fully saturated rings. The molecule has 2 atom stereocenters. The molecule has 2 unspecified atom stereocenters. The van der Waals surface area contributed by atoms with Gasteiger partial charge in [-0.05, 0) is 38.4 Å². The fourth-order valence-electron chi connectivity index (χ4n) is 2.61. The van der Waals surface area contributed by atoms with Crippen molar-refractivity contribution in [1.82, 2.24) is 15.5 Å². The van der Waals surface area contributed by atoms with Crippen LogP contribution in [0, 0.1) is 0 Å². The van der Waals surface area contributed by atoms with E-state index in [1.165, 1.54) is 6.26 Å². The van der Waals surface area contributed by atoms with Crippen LogP contribution in [0.5, 0.6) is 0 Å². The molecule has 7 heteroatoms. The molecule has 0 spiro atoms. The van der Waals surface area contributed by atoms with Gasteiger partial charge in [-0.25, -0.2) is 0 Å². The van der Waals surface area contributed by atoms with E-state index >= 15 is 0 Å². The highest BCUT2D eigenvalue weighted by molar-refractivity contribution is 5.95. The van der Waals surface area contributed by atoms with Gasteiger partial charge in [0.15, 0.2) is 5.76 Å². The summed E-state index contributed by atoms with van der Waals surface area (Å²) in [7, 11) is 0. The SMILES string of the molecule is CCCN(C(=O)C(C)NC(=O)c1ccco1)C1CCNC1.Cl. The van der Waals surface area contributed by atoms with E-state index in [4.69, 9.17) is 4.42 Å². The molecule has 1 aliphatic rings. The molecule has 0 bridgehead atoms. The van der Waals surface area contributed by atoms with Gasteiger partial charge >= 0.3 is 0 Å². The fourth-order valence-corrected chi connectivity index (χ4v) is 2.61. The predicted octanol–water partition coefficient (Wildman–Crippen LogP) is 1.42. The van der Waals surface area contributed by atoms with Crippen LogP contribution in [0.4, 0.5) is 0 Å². The minimum Gasteiger partial charge on any atom is -0.459 e. The van der Waals surface area contributed by atoms with Crippen LogP contribution < -0.4 is 10.6 Å². The van der Waals surface area contributed by atoms with Gasteiger partial charge in [-0.15, -0.1) is 12.4 Å². The smallest absolute Gasteiger partial charge is 0.287 e. The van der Waals surface area contributed by atoms with Crippen molar-refractivity contribution in [3.05, 3.63) is 24.2 Å². The Kier molecular flexibility index (Phi) is 7.41. The van der Waals surface area contributed by atoms with Gasteiger partial charge in [0.2, 0.25) is 5.91 Å². The summed E-state index contributed by atoms with van der Waals surface area (Å²) < 4.78 is 5.04. The standard InChI is InChI=1S/C15H23N3O3.ClH/c1-3-8-18(12-6-7-16-10-12)15(20)11(2)17-14(19)13-5-4-9-21-13;/h4-5,9,11-12,16H,3,6-8,10H2,1-2H3,(H,17,19);1H. The number of carbonyl (C=O) groups is 2. The topological polar surface area (TPSA) is 74.6 Å². The number of rotatable bonds is 6. The second kappa shape index (κ2) is 8.80. The van der Waals surface area contributed by atoms with Gasteiger partial charge in [0, 0.05) is 19.1 Å². The van der Waals surface area contributed by atoms with Crippen LogP contribution in [0.3, 0.4) is 0 Å². The van der Waals surface area contributed by atoms with Gasteiger partial charge in [-0.2, -0.15) is 0 Å². The zero-order chi connectivity index (χ0) is 15.2.